The molecule has 118 valence electrons. The molecule has 1 N–H and O–H groups in total. The summed E-state index contributed by atoms with van der Waals surface area (Å²) in [4.78, 5) is 0.269. The third-order valence-electron chi connectivity index (χ3n) is 3.93. The molecule has 1 saturated heterocycles. The fourth-order valence-electron chi connectivity index (χ4n) is 2.83. The maximum atomic E-state index is 13.0. The zero-order chi connectivity index (χ0) is 15.5. The van der Waals surface area contributed by atoms with Gasteiger partial charge in [0.15, 0.2) is 0 Å². The van der Waals surface area contributed by atoms with Crippen LogP contribution in [-0.2, 0) is 10.0 Å². The lowest BCUT2D eigenvalue weighted by molar-refractivity contribution is 0.269. The van der Waals surface area contributed by atoms with E-state index in [1.807, 2.05) is 19.9 Å². The maximum absolute atomic E-state index is 13.0. The van der Waals surface area contributed by atoms with Crippen LogP contribution < -0.4 is 10.1 Å². The van der Waals surface area contributed by atoms with Crippen molar-refractivity contribution in [2.45, 2.75) is 37.6 Å². The summed E-state index contributed by atoms with van der Waals surface area (Å²) in [5.41, 5.74) is 0.913. The van der Waals surface area contributed by atoms with Gasteiger partial charge in [0.05, 0.1) is 7.11 Å². The fourth-order valence-corrected chi connectivity index (χ4v) is 4.77. The molecule has 6 heteroatoms. The minimum absolute atomic E-state index is 0.0615. The second-order valence-electron chi connectivity index (χ2n) is 5.34. The average Bonchev–Trinajstić information content (AvgIpc) is 2.49. The van der Waals surface area contributed by atoms with Gasteiger partial charge < -0.3 is 10.1 Å². The van der Waals surface area contributed by atoms with E-state index in [-0.39, 0.29) is 10.9 Å². The van der Waals surface area contributed by atoms with Crippen molar-refractivity contribution in [3.05, 3.63) is 23.8 Å². The molecule has 2 rings (SSSR count). The number of aryl methyl sites for hydroxylation is 1. The third kappa shape index (κ3) is 3.39. The van der Waals surface area contributed by atoms with Gasteiger partial charge in [-0.2, -0.15) is 4.31 Å². The van der Waals surface area contributed by atoms with Gasteiger partial charge in [0.1, 0.15) is 10.6 Å². The Balaban J connectivity index is 2.41. The van der Waals surface area contributed by atoms with Gasteiger partial charge in [-0.05, 0) is 50.6 Å². The molecule has 1 aliphatic rings. The van der Waals surface area contributed by atoms with E-state index in [0.29, 0.717) is 12.3 Å². The van der Waals surface area contributed by atoms with E-state index in [9.17, 15) is 8.42 Å². The van der Waals surface area contributed by atoms with Crippen molar-refractivity contribution in [2.24, 2.45) is 0 Å². The molecule has 21 heavy (non-hydrogen) atoms. The molecule has 0 spiro atoms. The van der Waals surface area contributed by atoms with E-state index in [2.05, 4.69) is 5.32 Å². The Morgan fingerprint density at radius 1 is 1.33 bits per heavy atom. The number of piperidine rings is 1. The molecule has 0 radical (unpaired) electrons. The lowest BCUT2D eigenvalue weighted by Gasteiger charge is -2.33. The van der Waals surface area contributed by atoms with Crippen LogP contribution in [0.2, 0.25) is 0 Å². The van der Waals surface area contributed by atoms with Crippen LogP contribution in [-0.4, -0.2) is 45.5 Å². The lowest BCUT2D eigenvalue weighted by Crippen LogP contribution is -2.46. The first-order valence-electron chi connectivity index (χ1n) is 7.38. The quantitative estimate of drug-likeness (QED) is 0.900. The van der Waals surface area contributed by atoms with Gasteiger partial charge >= 0.3 is 0 Å². The average molecular weight is 312 g/mol. The van der Waals surface area contributed by atoms with E-state index in [0.717, 1.165) is 31.5 Å². The van der Waals surface area contributed by atoms with Crippen LogP contribution >= 0.6 is 0 Å². The Hall–Kier alpha value is -1.11. The molecule has 0 aliphatic carbocycles. The van der Waals surface area contributed by atoms with Crippen LogP contribution in [0.15, 0.2) is 23.1 Å². The molecule has 5 nitrogen and oxygen atoms in total. The van der Waals surface area contributed by atoms with Crippen LogP contribution in [0.3, 0.4) is 0 Å². The Morgan fingerprint density at radius 3 is 2.57 bits per heavy atom. The first-order valence-corrected chi connectivity index (χ1v) is 8.82. The summed E-state index contributed by atoms with van der Waals surface area (Å²) in [5.74, 6) is 0.410. The number of sulfonamides is 1. The highest BCUT2D eigenvalue weighted by Crippen LogP contribution is 2.30. The van der Waals surface area contributed by atoms with Crippen molar-refractivity contribution in [1.82, 2.24) is 9.62 Å². The van der Waals surface area contributed by atoms with E-state index < -0.39 is 10.0 Å². The molecule has 1 fully saturated rings. The lowest BCUT2D eigenvalue weighted by atomic mass is 10.1. The Kier molecular flexibility index (Phi) is 5.24. The standard InChI is InChI=1S/C15H24N2O3S/c1-4-17(13-7-9-16-10-8-13)21(18,19)15-11-12(2)5-6-14(15)20-3/h5-6,11,13,16H,4,7-10H2,1-3H3. The van der Waals surface area contributed by atoms with Gasteiger partial charge in [-0.15, -0.1) is 0 Å². The highest BCUT2D eigenvalue weighted by Gasteiger charge is 2.33. The third-order valence-corrected chi connectivity index (χ3v) is 5.98. The molecule has 0 saturated carbocycles. The van der Waals surface area contributed by atoms with Crippen molar-refractivity contribution in [3.63, 3.8) is 0 Å². The van der Waals surface area contributed by atoms with Crippen molar-refractivity contribution in [3.8, 4) is 5.75 Å². The second kappa shape index (κ2) is 6.77. The zero-order valence-corrected chi connectivity index (χ0v) is 13.7. The molecule has 1 aromatic rings. The van der Waals surface area contributed by atoms with Crippen LogP contribution in [0.4, 0.5) is 0 Å². The number of methoxy groups -OCH3 is 1. The van der Waals surface area contributed by atoms with Crippen LogP contribution in [0.25, 0.3) is 0 Å². The summed E-state index contributed by atoms with van der Waals surface area (Å²) < 4.78 is 32.9. The van der Waals surface area contributed by atoms with E-state index >= 15 is 0 Å². The van der Waals surface area contributed by atoms with E-state index in [1.165, 1.54) is 7.11 Å². The van der Waals surface area contributed by atoms with E-state index in [1.54, 1.807) is 16.4 Å². The second-order valence-corrected chi connectivity index (χ2v) is 7.20. The summed E-state index contributed by atoms with van der Waals surface area (Å²) in [7, 11) is -2.03. The number of rotatable bonds is 5. The van der Waals surface area contributed by atoms with Gasteiger partial charge in [0.25, 0.3) is 0 Å². The summed E-state index contributed by atoms with van der Waals surface area (Å²) in [6.07, 6.45) is 1.70. The van der Waals surface area contributed by atoms with Gasteiger partial charge in [-0.1, -0.05) is 13.0 Å². The first kappa shape index (κ1) is 16.3. The molecule has 0 amide bonds. The van der Waals surface area contributed by atoms with Gasteiger partial charge in [-0.3, -0.25) is 0 Å². The van der Waals surface area contributed by atoms with Crippen LogP contribution in [0.5, 0.6) is 5.75 Å². The molecule has 0 atom stereocenters. The predicted molar refractivity (Wildman–Crippen MR) is 83.2 cm³/mol. The summed E-state index contributed by atoms with van der Waals surface area (Å²) >= 11 is 0. The fraction of sp³-hybridized carbons (Fsp3) is 0.600. The number of hydrogen-bond donors (Lipinski definition) is 1. The summed E-state index contributed by atoms with van der Waals surface area (Å²) in [5, 5.41) is 3.27. The van der Waals surface area contributed by atoms with Gasteiger partial charge in [0.2, 0.25) is 10.0 Å². The molecule has 0 aromatic heterocycles. The van der Waals surface area contributed by atoms with Crippen LogP contribution in [0, 0.1) is 6.92 Å². The number of nitrogens with one attached hydrogen (secondary N) is 1. The zero-order valence-electron chi connectivity index (χ0n) is 12.9. The Labute approximate surface area is 127 Å². The molecule has 1 heterocycles. The number of nitrogens with zero attached hydrogens (tertiary/aromatic N) is 1. The maximum Gasteiger partial charge on any atom is 0.247 e. The monoisotopic (exact) mass is 312 g/mol. The van der Waals surface area contributed by atoms with Crippen molar-refractivity contribution < 1.29 is 13.2 Å². The normalized spacial score (nSPS) is 17.1. The SMILES string of the molecule is CCN(C1CCNCC1)S(=O)(=O)c1cc(C)ccc1OC. The molecule has 1 aliphatic heterocycles. The minimum atomic E-state index is -3.54. The van der Waals surface area contributed by atoms with Crippen molar-refractivity contribution in [1.29, 1.82) is 0 Å². The summed E-state index contributed by atoms with van der Waals surface area (Å²) in [6, 6.07) is 5.33. The topological polar surface area (TPSA) is 58.6 Å². The molecule has 0 bridgehead atoms. The van der Waals surface area contributed by atoms with Crippen molar-refractivity contribution in [2.75, 3.05) is 26.7 Å². The smallest absolute Gasteiger partial charge is 0.247 e. The van der Waals surface area contributed by atoms with Gasteiger partial charge in [-0.25, -0.2) is 8.42 Å². The molecule has 1 aromatic carbocycles. The van der Waals surface area contributed by atoms with Gasteiger partial charge in [0, 0.05) is 12.6 Å². The number of ether oxygens (including phenoxy) is 1. The summed E-state index contributed by atoms with van der Waals surface area (Å²) in [6.45, 7) is 5.98. The molecular formula is C15H24N2O3S. The number of benzene rings is 1. The minimum Gasteiger partial charge on any atom is -0.495 e. The molecular weight excluding hydrogens is 288 g/mol. The molecule has 0 unspecified atom stereocenters. The predicted octanol–water partition coefficient (Wildman–Crippen LogP) is 1.77. The van der Waals surface area contributed by atoms with E-state index in [4.69, 9.17) is 4.74 Å². The van der Waals surface area contributed by atoms with Crippen molar-refractivity contribution >= 4 is 10.0 Å². The first-order chi connectivity index (χ1) is 10.0. The largest absolute Gasteiger partial charge is 0.495 e. The Bertz CT molecular complexity index is 581. The Morgan fingerprint density at radius 2 is 2.00 bits per heavy atom. The van der Waals surface area contributed by atoms with Crippen LogP contribution in [0.1, 0.15) is 25.3 Å². The number of hydrogen-bond acceptors (Lipinski definition) is 4. The highest BCUT2D eigenvalue weighted by atomic mass is 32.2. The highest BCUT2D eigenvalue weighted by molar-refractivity contribution is 7.89.